The van der Waals surface area contributed by atoms with Gasteiger partial charge >= 0.3 is 0 Å². The van der Waals surface area contributed by atoms with E-state index >= 15 is 0 Å². The lowest BCUT2D eigenvalue weighted by molar-refractivity contribution is -0.119. The maximum Gasteiger partial charge on any atom is 0.241 e. The molecule has 3 nitrogen and oxygen atoms in total. The number of hydrogen-bond acceptors (Lipinski definition) is 2. The molecule has 1 amide bonds. The molecule has 3 N–H and O–H groups in total. The first-order valence-corrected chi connectivity index (χ1v) is 5.24. The van der Waals surface area contributed by atoms with E-state index in [1.165, 1.54) is 6.07 Å². The molecule has 1 atom stereocenters. The molecule has 0 radical (unpaired) electrons. The van der Waals surface area contributed by atoms with Gasteiger partial charge in [0.05, 0.1) is 6.04 Å². The van der Waals surface area contributed by atoms with E-state index in [0.29, 0.717) is 0 Å². The molecule has 0 aliphatic heterocycles. The number of carbonyl (C=O) groups is 1. The molecule has 0 aliphatic carbocycles. The fourth-order valence-electron chi connectivity index (χ4n) is 1.21. The number of rotatable bonds is 2. The number of hydrogen-bond donors (Lipinski definition) is 2. The SMILES string of the molecule is CC(C)(C)[C@H](N)C(=O)Nc1c(F)cccc1F. The van der Waals surface area contributed by atoms with E-state index in [0.717, 1.165) is 12.1 Å². The van der Waals surface area contributed by atoms with Crippen molar-refractivity contribution >= 4 is 11.6 Å². The van der Waals surface area contributed by atoms with Crippen molar-refractivity contribution in [2.75, 3.05) is 5.32 Å². The number of anilines is 1. The molecule has 1 aromatic rings. The van der Waals surface area contributed by atoms with E-state index in [-0.39, 0.29) is 0 Å². The van der Waals surface area contributed by atoms with Crippen LogP contribution >= 0.6 is 0 Å². The predicted molar refractivity (Wildman–Crippen MR) is 62.4 cm³/mol. The van der Waals surface area contributed by atoms with Gasteiger partial charge in [-0.15, -0.1) is 0 Å². The van der Waals surface area contributed by atoms with Crippen molar-refractivity contribution < 1.29 is 13.6 Å². The predicted octanol–water partition coefficient (Wildman–Crippen LogP) is 2.28. The van der Waals surface area contributed by atoms with Crippen LogP contribution in [0.4, 0.5) is 14.5 Å². The highest BCUT2D eigenvalue weighted by molar-refractivity contribution is 5.95. The largest absolute Gasteiger partial charge is 0.320 e. The minimum absolute atomic E-state index is 0.461. The Balaban J connectivity index is 2.89. The lowest BCUT2D eigenvalue weighted by Gasteiger charge is -2.25. The Bertz CT molecular complexity index is 407. The second-order valence-electron chi connectivity index (χ2n) is 4.93. The normalized spacial score (nSPS) is 13.3. The maximum absolute atomic E-state index is 13.3. The Morgan fingerprint density at radius 2 is 1.76 bits per heavy atom. The summed E-state index contributed by atoms with van der Waals surface area (Å²) in [5, 5.41) is 2.17. The quantitative estimate of drug-likeness (QED) is 0.835. The Morgan fingerprint density at radius 3 is 2.18 bits per heavy atom. The van der Waals surface area contributed by atoms with Crippen LogP contribution < -0.4 is 11.1 Å². The van der Waals surface area contributed by atoms with Crippen molar-refractivity contribution in [2.45, 2.75) is 26.8 Å². The van der Waals surface area contributed by atoms with Gasteiger partial charge in [0, 0.05) is 0 Å². The van der Waals surface area contributed by atoms with Gasteiger partial charge in [-0.25, -0.2) is 8.78 Å². The van der Waals surface area contributed by atoms with Gasteiger partial charge in [-0.3, -0.25) is 4.79 Å². The lowest BCUT2D eigenvalue weighted by atomic mass is 9.87. The minimum atomic E-state index is -0.846. The van der Waals surface area contributed by atoms with E-state index in [1.54, 1.807) is 20.8 Å². The Hall–Kier alpha value is -1.49. The smallest absolute Gasteiger partial charge is 0.241 e. The molecular weight excluding hydrogens is 226 g/mol. The number of benzene rings is 1. The van der Waals surface area contributed by atoms with Gasteiger partial charge < -0.3 is 11.1 Å². The summed E-state index contributed by atoms with van der Waals surface area (Å²) < 4.78 is 26.6. The van der Waals surface area contributed by atoms with E-state index in [1.807, 2.05) is 0 Å². The molecule has 0 bridgehead atoms. The van der Waals surface area contributed by atoms with Gasteiger partial charge in [-0.05, 0) is 17.5 Å². The second kappa shape index (κ2) is 4.79. The second-order valence-corrected chi connectivity index (χ2v) is 4.93. The summed E-state index contributed by atoms with van der Waals surface area (Å²) in [5.74, 6) is -2.25. The molecule has 1 rings (SSSR count). The van der Waals surface area contributed by atoms with E-state index in [2.05, 4.69) is 5.32 Å². The summed E-state index contributed by atoms with van der Waals surface area (Å²) in [5.41, 5.74) is 4.74. The highest BCUT2D eigenvalue weighted by Crippen LogP contribution is 2.21. The van der Waals surface area contributed by atoms with Gasteiger partial charge in [0.1, 0.15) is 17.3 Å². The van der Waals surface area contributed by atoms with Crippen LogP contribution in [0.15, 0.2) is 18.2 Å². The van der Waals surface area contributed by atoms with Crippen LogP contribution in [-0.2, 0) is 4.79 Å². The topological polar surface area (TPSA) is 55.1 Å². The van der Waals surface area contributed by atoms with Crippen LogP contribution in [0.1, 0.15) is 20.8 Å². The van der Waals surface area contributed by atoms with E-state index in [4.69, 9.17) is 5.73 Å². The third kappa shape index (κ3) is 3.23. The van der Waals surface area contributed by atoms with Crippen LogP contribution in [0.25, 0.3) is 0 Å². The Kier molecular flexibility index (Phi) is 3.83. The number of carbonyl (C=O) groups excluding carboxylic acids is 1. The molecule has 0 saturated heterocycles. The maximum atomic E-state index is 13.3. The summed E-state index contributed by atoms with van der Waals surface area (Å²) in [6.45, 7) is 5.32. The molecule has 0 heterocycles. The number of nitrogens with two attached hydrogens (primary N) is 1. The van der Waals surface area contributed by atoms with Gasteiger partial charge in [0.25, 0.3) is 0 Å². The molecule has 0 aliphatic rings. The standard InChI is InChI=1S/C12H16F2N2O/c1-12(2,3)10(15)11(17)16-9-7(13)5-4-6-8(9)14/h4-6,10H,15H2,1-3H3,(H,16,17)/t10-/m1/s1. The fourth-order valence-corrected chi connectivity index (χ4v) is 1.21. The first kappa shape index (κ1) is 13.6. The van der Waals surface area contributed by atoms with Crippen LogP contribution in [0, 0.1) is 17.0 Å². The van der Waals surface area contributed by atoms with Crippen LogP contribution in [0.5, 0.6) is 0 Å². The fraction of sp³-hybridized carbons (Fsp3) is 0.417. The summed E-state index contributed by atoms with van der Waals surface area (Å²) in [4.78, 5) is 11.7. The van der Waals surface area contributed by atoms with Gasteiger partial charge in [-0.2, -0.15) is 0 Å². The number of nitrogens with one attached hydrogen (secondary N) is 1. The zero-order chi connectivity index (χ0) is 13.2. The van der Waals surface area contributed by atoms with Crippen LogP contribution in [-0.4, -0.2) is 11.9 Å². The minimum Gasteiger partial charge on any atom is -0.320 e. The molecule has 0 aromatic heterocycles. The zero-order valence-electron chi connectivity index (χ0n) is 10.1. The first-order valence-electron chi connectivity index (χ1n) is 5.24. The highest BCUT2D eigenvalue weighted by atomic mass is 19.1. The molecule has 5 heteroatoms. The van der Waals surface area contributed by atoms with Gasteiger partial charge in [0.15, 0.2) is 0 Å². The molecule has 0 spiro atoms. The molecule has 1 aromatic carbocycles. The third-order valence-electron chi connectivity index (χ3n) is 2.43. The van der Waals surface area contributed by atoms with E-state index < -0.39 is 34.7 Å². The summed E-state index contributed by atoms with van der Waals surface area (Å²) >= 11 is 0. The van der Waals surface area contributed by atoms with Crippen molar-refractivity contribution in [2.24, 2.45) is 11.1 Å². The summed E-state index contributed by atoms with van der Waals surface area (Å²) in [6.07, 6.45) is 0. The lowest BCUT2D eigenvalue weighted by Crippen LogP contribution is -2.45. The Labute approximate surface area is 99.0 Å². The first-order chi connectivity index (χ1) is 7.73. The van der Waals surface area contributed by atoms with Crippen LogP contribution in [0.3, 0.4) is 0 Å². The average Bonchev–Trinajstić information content (AvgIpc) is 2.21. The third-order valence-corrected chi connectivity index (χ3v) is 2.43. The monoisotopic (exact) mass is 242 g/mol. The summed E-state index contributed by atoms with van der Waals surface area (Å²) in [7, 11) is 0. The van der Waals surface area contributed by atoms with Crippen molar-refractivity contribution in [3.8, 4) is 0 Å². The van der Waals surface area contributed by atoms with Gasteiger partial charge in [0.2, 0.25) is 5.91 Å². The molecule has 94 valence electrons. The average molecular weight is 242 g/mol. The number of para-hydroxylation sites is 1. The zero-order valence-corrected chi connectivity index (χ0v) is 10.1. The van der Waals surface area contributed by atoms with Crippen molar-refractivity contribution in [1.29, 1.82) is 0 Å². The Morgan fingerprint density at radius 1 is 1.29 bits per heavy atom. The van der Waals surface area contributed by atoms with Crippen molar-refractivity contribution in [1.82, 2.24) is 0 Å². The molecule has 0 saturated carbocycles. The molecule has 17 heavy (non-hydrogen) atoms. The van der Waals surface area contributed by atoms with E-state index in [9.17, 15) is 13.6 Å². The highest BCUT2D eigenvalue weighted by Gasteiger charge is 2.28. The van der Waals surface area contributed by atoms with Crippen molar-refractivity contribution in [3.05, 3.63) is 29.8 Å². The number of amides is 1. The molecule has 0 unspecified atom stereocenters. The summed E-state index contributed by atoms with van der Waals surface area (Å²) in [6, 6.07) is 2.52. The molecular formula is C12H16F2N2O. The van der Waals surface area contributed by atoms with Crippen LogP contribution in [0.2, 0.25) is 0 Å². The number of halogens is 2. The van der Waals surface area contributed by atoms with Crippen molar-refractivity contribution in [3.63, 3.8) is 0 Å². The van der Waals surface area contributed by atoms with Gasteiger partial charge in [-0.1, -0.05) is 26.8 Å². The molecule has 0 fully saturated rings.